The van der Waals surface area contributed by atoms with Crippen molar-refractivity contribution in [1.29, 1.82) is 0 Å². The third-order valence-electron chi connectivity index (χ3n) is 4.40. The Morgan fingerprint density at radius 3 is 2.57 bits per heavy atom. The van der Waals surface area contributed by atoms with Crippen molar-refractivity contribution in [3.8, 4) is 0 Å². The quantitative estimate of drug-likeness (QED) is 0.585. The second kappa shape index (κ2) is 9.63. The van der Waals surface area contributed by atoms with Crippen molar-refractivity contribution in [2.24, 2.45) is 0 Å². The number of aryl methyl sites for hydroxylation is 1. The molecule has 7 heteroatoms. The number of thiazole rings is 1. The van der Waals surface area contributed by atoms with Gasteiger partial charge in [-0.15, -0.1) is 11.3 Å². The summed E-state index contributed by atoms with van der Waals surface area (Å²) >= 11 is 1.47. The van der Waals surface area contributed by atoms with Crippen LogP contribution in [0.1, 0.15) is 46.0 Å². The van der Waals surface area contributed by atoms with Gasteiger partial charge in [-0.1, -0.05) is 18.2 Å². The number of rotatable bonds is 7. The molecule has 2 N–H and O–H groups in total. The Kier molecular flexibility index (Phi) is 6.95. The lowest BCUT2D eigenvalue weighted by Gasteiger charge is -2.12. The van der Waals surface area contributed by atoms with E-state index in [1.807, 2.05) is 32.2 Å². The topological polar surface area (TPSA) is 71.1 Å². The van der Waals surface area contributed by atoms with Gasteiger partial charge in [-0.3, -0.25) is 9.59 Å². The summed E-state index contributed by atoms with van der Waals surface area (Å²) in [5, 5.41) is 8.42. The van der Waals surface area contributed by atoms with Crippen LogP contribution in [-0.2, 0) is 17.6 Å². The van der Waals surface area contributed by atoms with Gasteiger partial charge in [0.15, 0.2) is 0 Å². The van der Waals surface area contributed by atoms with E-state index < -0.39 is 0 Å². The molecule has 1 heterocycles. The van der Waals surface area contributed by atoms with Gasteiger partial charge in [0.05, 0.1) is 17.1 Å². The van der Waals surface area contributed by atoms with Gasteiger partial charge >= 0.3 is 0 Å². The summed E-state index contributed by atoms with van der Waals surface area (Å²) in [5.74, 6) is -0.632. The zero-order valence-corrected chi connectivity index (χ0v) is 18.0. The Morgan fingerprint density at radius 2 is 1.87 bits per heavy atom. The fourth-order valence-corrected chi connectivity index (χ4v) is 3.77. The van der Waals surface area contributed by atoms with Crippen LogP contribution in [-0.4, -0.2) is 22.8 Å². The summed E-state index contributed by atoms with van der Waals surface area (Å²) in [6, 6.07) is 11.6. The first-order chi connectivity index (χ1) is 14.3. The highest BCUT2D eigenvalue weighted by Crippen LogP contribution is 2.18. The van der Waals surface area contributed by atoms with Crippen molar-refractivity contribution in [1.82, 2.24) is 10.3 Å². The molecule has 3 aromatic rings. The summed E-state index contributed by atoms with van der Waals surface area (Å²) in [6.45, 7) is 5.66. The van der Waals surface area contributed by atoms with E-state index in [9.17, 15) is 14.0 Å². The zero-order valence-electron chi connectivity index (χ0n) is 17.2. The van der Waals surface area contributed by atoms with Crippen molar-refractivity contribution in [2.75, 3.05) is 5.32 Å². The van der Waals surface area contributed by atoms with E-state index in [1.165, 1.54) is 23.5 Å². The van der Waals surface area contributed by atoms with Crippen LogP contribution in [0, 0.1) is 12.7 Å². The third kappa shape index (κ3) is 5.97. The molecule has 0 atom stereocenters. The minimum absolute atomic E-state index is 0.0314. The van der Waals surface area contributed by atoms with E-state index in [1.54, 1.807) is 24.3 Å². The highest BCUT2D eigenvalue weighted by atomic mass is 32.1. The number of carbonyl (C=O) groups is 2. The molecule has 0 saturated carbocycles. The molecule has 1 aromatic heterocycles. The van der Waals surface area contributed by atoms with Gasteiger partial charge in [-0.2, -0.15) is 0 Å². The SMILES string of the molecule is Cc1ccc(NC(=O)Cc2csc(Cc3ccc(F)cc3)n2)cc1C(=O)NC(C)C. The lowest BCUT2D eigenvalue weighted by molar-refractivity contribution is -0.115. The largest absolute Gasteiger partial charge is 0.350 e. The van der Waals surface area contributed by atoms with Gasteiger partial charge in [0, 0.05) is 29.1 Å². The fraction of sp³-hybridized carbons (Fsp3) is 0.261. The van der Waals surface area contributed by atoms with Crippen LogP contribution in [0.15, 0.2) is 47.8 Å². The first-order valence-corrected chi connectivity index (χ1v) is 10.6. The molecule has 0 bridgehead atoms. The van der Waals surface area contributed by atoms with Crippen molar-refractivity contribution in [3.05, 3.63) is 81.1 Å². The van der Waals surface area contributed by atoms with Gasteiger partial charge in [0.2, 0.25) is 5.91 Å². The van der Waals surface area contributed by atoms with Crippen molar-refractivity contribution in [2.45, 2.75) is 39.7 Å². The number of hydrogen-bond donors (Lipinski definition) is 2. The molecular formula is C23H24FN3O2S. The van der Waals surface area contributed by atoms with Gasteiger partial charge in [-0.25, -0.2) is 9.37 Å². The molecule has 0 radical (unpaired) electrons. The van der Waals surface area contributed by atoms with Gasteiger partial charge in [0.1, 0.15) is 5.82 Å². The van der Waals surface area contributed by atoms with Crippen molar-refractivity contribution < 1.29 is 14.0 Å². The Labute approximate surface area is 179 Å². The lowest BCUT2D eigenvalue weighted by atomic mass is 10.1. The second-order valence-corrected chi connectivity index (χ2v) is 8.36. The number of nitrogens with zero attached hydrogens (tertiary/aromatic N) is 1. The van der Waals surface area contributed by atoms with E-state index in [-0.39, 0.29) is 30.1 Å². The maximum absolute atomic E-state index is 13.0. The molecule has 156 valence electrons. The minimum Gasteiger partial charge on any atom is -0.350 e. The standard InChI is InChI=1S/C23H24FN3O2S/c1-14(2)25-23(29)20-11-18(9-4-15(20)3)26-21(28)12-19-13-30-22(27-19)10-16-5-7-17(24)8-6-16/h4-9,11,13-14H,10,12H2,1-3H3,(H,25,29)(H,26,28). The summed E-state index contributed by atoms with van der Waals surface area (Å²) in [5.41, 5.74) is 3.60. The Morgan fingerprint density at radius 1 is 1.13 bits per heavy atom. The molecule has 0 saturated heterocycles. The summed E-state index contributed by atoms with van der Waals surface area (Å²) in [6.07, 6.45) is 0.736. The first-order valence-electron chi connectivity index (χ1n) is 9.69. The Hall–Kier alpha value is -3.06. The third-order valence-corrected chi connectivity index (χ3v) is 5.29. The molecular weight excluding hydrogens is 401 g/mol. The molecule has 5 nitrogen and oxygen atoms in total. The molecule has 0 aliphatic carbocycles. The minimum atomic E-state index is -0.267. The average molecular weight is 426 g/mol. The number of aromatic nitrogens is 1. The van der Waals surface area contributed by atoms with Crippen LogP contribution in [0.4, 0.5) is 10.1 Å². The number of halogens is 1. The number of amides is 2. The van der Waals surface area contributed by atoms with E-state index in [4.69, 9.17) is 0 Å². The molecule has 2 amide bonds. The average Bonchev–Trinajstić information content (AvgIpc) is 3.11. The van der Waals surface area contributed by atoms with E-state index in [0.717, 1.165) is 16.1 Å². The number of benzene rings is 2. The highest BCUT2D eigenvalue weighted by Gasteiger charge is 2.13. The van der Waals surface area contributed by atoms with Crippen molar-refractivity contribution in [3.63, 3.8) is 0 Å². The number of hydrogen-bond acceptors (Lipinski definition) is 4. The highest BCUT2D eigenvalue weighted by molar-refractivity contribution is 7.09. The number of nitrogens with one attached hydrogen (secondary N) is 2. The molecule has 0 aliphatic heterocycles. The van der Waals surface area contributed by atoms with E-state index in [0.29, 0.717) is 23.4 Å². The van der Waals surface area contributed by atoms with Gasteiger partial charge < -0.3 is 10.6 Å². The van der Waals surface area contributed by atoms with Crippen LogP contribution >= 0.6 is 11.3 Å². The van der Waals surface area contributed by atoms with Crippen LogP contribution in [0.25, 0.3) is 0 Å². The molecule has 0 aliphatic rings. The smallest absolute Gasteiger partial charge is 0.251 e. The molecule has 30 heavy (non-hydrogen) atoms. The normalized spacial score (nSPS) is 10.8. The van der Waals surface area contributed by atoms with Crippen LogP contribution < -0.4 is 10.6 Å². The summed E-state index contributed by atoms with van der Waals surface area (Å²) < 4.78 is 13.0. The maximum atomic E-state index is 13.0. The van der Waals surface area contributed by atoms with Crippen molar-refractivity contribution >= 4 is 28.8 Å². The maximum Gasteiger partial charge on any atom is 0.251 e. The molecule has 2 aromatic carbocycles. The first kappa shape index (κ1) is 21.6. The summed E-state index contributed by atoms with van der Waals surface area (Å²) in [4.78, 5) is 29.3. The number of anilines is 1. The van der Waals surface area contributed by atoms with E-state index >= 15 is 0 Å². The Bertz CT molecular complexity index is 1040. The molecule has 0 spiro atoms. The van der Waals surface area contributed by atoms with Crippen LogP contribution in [0.3, 0.4) is 0 Å². The molecule has 3 rings (SSSR count). The predicted octanol–water partition coefficient (Wildman–Crippen LogP) is 4.50. The van der Waals surface area contributed by atoms with Crippen LogP contribution in [0.2, 0.25) is 0 Å². The molecule has 0 unspecified atom stereocenters. The predicted molar refractivity (Wildman–Crippen MR) is 117 cm³/mol. The molecule has 0 fully saturated rings. The van der Waals surface area contributed by atoms with Gasteiger partial charge in [-0.05, 0) is 56.2 Å². The second-order valence-electron chi connectivity index (χ2n) is 7.42. The lowest BCUT2D eigenvalue weighted by Crippen LogP contribution is -2.30. The number of carbonyl (C=O) groups excluding carboxylic acids is 2. The summed E-state index contributed by atoms with van der Waals surface area (Å²) in [7, 11) is 0. The van der Waals surface area contributed by atoms with Crippen LogP contribution in [0.5, 0.6) is 0 Å². The monoisotopic (exact) mass is 425 g/mol. The zero-order chi connectivity index (χ0) is 21.7. The Balaban J connectivity index is 1.61. The van der Waals surface area contributed by atoms with Gasteiger partial charge in [0.25, 0.3) is 5.91 Å². The van der Waals surface area contributed by atoms with E-state index in [2.05, 4.69) is 15.6 Å². The fourth-order valence-electron chi connectivity index (χ4n) is 2.94.